The van der Waals surface area contributed by atoms with Crippen LogP contribution >= 0.6 is 11.6 Å². The number of hydrogen-bond acceptors (Lipinski definition) is 1. The predicted molar refractivity (Wildman–Crippen MR) is 61.2 cm³/mol. The van der Waals surface area contributed by atoms with Crippen molar-refractivity contribution in [1.82, 2.24) is 0 Å². The normalized spacial score (nSPS) is 13.0. The number of methoxy groups -OCH3 is 1. The molecule has 1 nitrogen and oxygen atoms in total. The molecule has 1 unspecified atom stereocenters. The zero-order valence-electron chi connectivity index (χ0n) is 9.17. The molecule has 0 N–H and O–H groups in total. The van der Waals surface area contributed by atoms with Crippen molar-refractivity contribution in [1.29, 1.82) is 0 Å². The van der Waals surface area contributed by atoms with Crippen LogP contribution in [0.3, 0.4) is 0 Å². The maximum absolute atomic E-state index is 6.27. The summed E-state index contributed by atoms with van der Waals surface area (Å²) < 4.78 is 5.20. The first-order valence-corrected chi connectivity index (χ1v) is 5.28. The summed E-state index contributed by atoms with van der Waals surface area (Å²) in [6.07, 6.45) is 0. The molecule has 0 aromatic heterocycles. The molecule has 0 saturated carbocycles. The van der Waals surface area contributed by atoms with Gasteiger partial charge in [0.1, 0.15) is 5.75 Å². The smallest absolute Gasteiger partial charge is 0.121 e. The number of ether oxygens (including phenoxy) is 1. The van der Waals surface area contributed by atoms with Gasteiger partial charge in [0.05, 0.1) is 12.5 Å². The summed E-state index contributed by atoms with van der Waals surface area (Å²) in [4.78, 5) is 0. The van der Waals surface area contributed by atoms with Crippen molar-refractivity contribution in [2.45, 2.75) is 26.1 Å². The zero-order chi connectivity index (χ0) is 10.7. The van der Waals surface area contributed by atoms with Crippen molar-refractivity contribution in [3.63, 3.8) is 0 Å². The Morgan fingerprint density at radius 1 is 1.29 bits per heavy atom. The molecule has 1 atom stereocenters. The minimum atomic E-state index is 0.0830. The third kappa shape index (κ3) is 2.42. The largest absolute Gasteiger partial charge is 0.496 e. The molecular weight excluding hydrogens is 196 g/mol. The van der Waals surface area contributed by atoms with Crippen LogP contribution in [-0.4, -0.2) is 7.11 Å². The number of benzene rings is 1. The highest BCUT2D eigenvalue weighted by atomic mass is 35.5. The van der Waals surface area contributed by atoms with E-state index in [-0.39, 0.29) is 5.38 Å². The molecule has 0 aliphatic rings. The van der Waals surface area contributed by atoms with E-state index in [1.807, 2.05) is 19.1 Å². The van der Waals surface area contributed by atoms with Crippen LogP contribution in [0.25, 0.3) is 0 Å². The van der Waals surface area contributed by atoms with E-state index < -0.39 is 0 Å². The van der Waals surface area contributed by atoms with Crippen LogP contribution in [0.15, 0.2) is 18.2 Å². The third-order valence-corrected chi connectivity index (χ3v) is 3.08. The standard InChI is InChI=1S/C12H17ClO/c1-8(2)12(13)10-5-6-11(14-4)9(3)7-10/h5-8,12H,1-4H3. The van der Waals surface area contributed by atoms with Crippen LogP contribution in [0, 0.1) is 12.8 Å². The maximum atomic E-state index is 6.27. The Morgan fingerprint density at radius 3 is 2.36 bits per heavy atom. The molecular formula is C12H17ClO. The average Bonchev–Trinajstić information content (AvgIpc) is 2.16. The monoisotopic (exact) mass is 212 g/mol. The van der Waals surface area contributed by atoms with Gasteiger partial charge in [-0.3, -0.25) is 0 Å². The second kappa shape index (κ2) is 4.70. The predicted octanol–water partition coefficient (Wildman–Crippen LogP) is 3.94. The van der Waals surface area contributed by atoms with E-state index in [1.165, 1.54) is 5.56 Å². The molecule has 1 aromatic rings. The minimum Gasteiger partial charge on any atom is -0.496 e. The maximum Gasteiger partial charge on any atom is 0.121 e. The number of hydrogen-bond donors (Lipinski definition) is 0. The average molecular weight is 213 g/mol. The van der Waals surface area contributed by atoms with Gasteiger partial charge in [0, 0.05) is 0 Å². The van der Waals surface area contributed by atoms with Gasteiger partial charge in [-0.15, -0.1) is 11.6 Å². The van der Waals surface area contributed by atoms with Crippen LogP contribution in [0.5, 0.6) is 5.75 Å². The van der Waals surface area contributed by atoms with E-state index in [0.717, 1.165) is 11.3 Å². The number of alkyl halides is 1. The summed E-state index contributed by atoms with van der Waals surface area (Å²) in [7, 11) is 1.68. The highest BCUT2D eigenvalue weighted by molar-refractivity contribution is 6.20. The molecule has 1 aromatic carbocycles. The van der Waals surface area contributed by atoms with Crippen molar-refractivity contribution in [2.24, 2.45) is 5.92 Å². The van der Waals surface area contributed by atoms with Crippen molar-refractivity contribution in [3.8, 4) is 5.75 Å². The van der Waals surface area contributed by atoms with Gasteiger partial charge in [0.2, 0.25) is 0 Å². The van der Waals surface area contributed by atoms with Crippen LogP contribution in [0.4, 0.5) is 0 Å². The molecule has 0 saturated heterocycles. The second-order valence-electron chi connectivity index (χ2n) is 3.87. The van der Waals surface area contributed by atoms with E-state index in [0.29, 0.717) is 5.92 Å². The van der Waals surface area contributed by atoms with Gasteiger partial charge in [0.25, 0.3) is 0 Å². The first kappa shape index (κ1) is 11.4. The molecule has 0 bridgehead atoms. The van der Waals surface area contributed by atoms with Crippen molar-refractivity contribution < 1.29 is 4.74 Å². The first-order valence-electron chi connectivity index (χ1n) is 4.85. The van der Waals surface area contributed by atoms with Crippen LogP contribution < -0.4 is 4.74 Å². The van der Waals surface area contributed by atoms with E-state index >= 15 is 0 Å². The van der Waals surface area contributed by atoms with Crippen molar-refractivity contribution in [3.05, 3.63) is 29.3 Å². The van der Waals surface area contributed by atoms with E-state index in [1.54, 1.807) is 7.11 Å². The molecule has 2 heteroatoms. The van der Waals surface area contributed by atoms with Gasteiger partial charge >= 0.3 is 0 Å². The molecule has 1 rings (SSSR count). The van der Waals surface area contributed by atoms with Gasteiger partial charge < -0.3 is 4.74 Å². The molecule has 0 fully saturated rings. The number of halogens is 1. The van der Waals surface area contributed by atoms with Gasteiger partial charge in [-0.05, 0) is 30.0 Å². The lowest BCUT2D eigenvalue weighted by Gasteiger charge is -2.15. The summed E-state index contributed by atoms with van der Waals surface area (Å²) in [5.74, 6) is 1.37. The van der Waals surface area contributed by atoms with E-state index in [4.69, 9.17) is 16.3 Å². The van der Waals surface area contributed by atoms with Crippen LogP contribution in [0.2, 0.25) is 0 Å². The van der Waals surface area contributed by atoms with Gasteiger partial charge in [-0.2, -0.15) is 0 Å². The summed E-state index contributed by atoms with van der Waals surface area (Å²) in [5, 5.41) is 0.0830. The molecule has 0 radical (unpaired) electrons. The Balaban J connectivity index is 2.96. The highest BCUT2D eigenvalue weighted by Gasteiger charge is 2.13. The lowest BCUT2D eigenvalue weighted by molar-refractivity contribution is 0.411. The lowest BCUT2D eigenvalue weighted by atomic mass is 10.0. The lowest BCUT2D eigenvalue weighted by Crippen LogP contribution is -2.00. The Morgan fingerprint density at radius 2 is 1.93 bits per heavy atom. The Hall–Kier alpha value is -0.690. The highest BCUT2D eigenvalue weighted by Crippen LogP contribution is 2.31. The Bertz CT molecular complexity index is 307. The molecule has 0 spiro atoms. The van der Waals surface area contributed by atoms with E-state index in [9.17, 15) is 0 Å². The fourth-order valence-electron chi connectivity index (χ4n) is 1.46. The molecule has 0 aliphatic heterocycles. The fourth-order valence-corrected chi connectivity index (χ4v) is 1.59. The molecule has 0 aliphatic carbocycles. The number of aryl methyl sites for hydroxylation is 1. The fraction of sp³-hybridized carbons (Fsp3) is 0.500. The topological polar surface area (TPSA) is 9.23 Å². The quantitative estimate of drug-likeness (QED) is 0.690. The summed E-state index contributed by atoms with van der Waals surface area (Å²) in [6, 6.07) is 6.10. The Labute approximate surface area is 91.0 Å². The minimum absolute atomic E-state index is 0.0830. The van der Waals surface area contributed by atoms with Crippen molar-refractivity contribution >= 4 is 11.6 Å². The molecule has 0 amide bonds. The third-order valence-electron chi connectivity index (χ3n) is 2.32. The van der Waals surface area contributed by atoms with Gasteiger partial charge in [-0.1, -0.05) is 26.0 Å². The van der Waals surface area contributed by atoms with Crippen molar-refractivity contribution in [2.75, 3.05) is 7.11 Å². The van der Waals surface area contributed by atoms with Crippen LogP contribution in [-0.2, 0) is 0 Å². The first-order chi connectivity index (χ1) is 6.56. The second-order valence-corrected chi connectivity index (χ2v) is 4.35. The van der Waals surface area contributed by atoms with Gasteiger partial charge in [0.15, 0.2) is 0 Å². The molecule has 78 valence electrons. The molecule has 14 heavy (non-hydrogen) atoms. The Kier molecular flexibility index (Phi) is 3.82. The summed E-state index contributed by atoms with van der Waals surface area (Å²) in [6.45, 7) is 6.28. The molecule has 0 heterocycles. The summed E-state index contributed by atoms with van der Waals surface area (Å²) in [5.41, 5.74) is 2.30. The number of rotatable bonds is 3. The van der Waals surface area contributed by atoms with Crippen LogP contribution in [0.1, 0.15) is 30.4 Å². The zero-order valence-corrected chi connectivity index (χ0v) is 9.93. The van der Waals surface area contributed by atoms with E-state index in [2.05, 4.69) is 19.9 Å². The summed E-state index contributed by atoms with van der Waals surface area (Å²) >= 11 is 6.27. The SMILES string of the molecule is COc1ccc(C(Cl)C(C)C)cc1C. The van der Waals surface area contributed by atoms with Gasteiger partial charge in [-0.25, -0.2) is 0 Å².